The van der Waals surface area contributed by atoms with Gasteiger partial charge < -0.3 is 20.1 Å². The fraction of sp³-hybridized carbons (Fsp3) is 0.464. The molecular formula is C28H32N2O5. The van der Waals surface area contributed by atoms with Crippen molar-refractivity contribution in [3.05, 3.63) is 59.7 Å². The molecule has 1 aliphatic heterocycles. The summed E-state index contributed by atoms with van der Waals surface area (Å²) in [6.07, 6.45) is 2.94. The van der Waals surface area contributed by atoms with Gasteiger partial charge in [0.1, 0.15) is 6.61 Å². The molecule has 0 aromatic heterocycles. The van der Waals surface area contributed by atoms with Crippen molar-refractivity contribution < 1.29 is 24.2 Å². The van der Waals surface area contributed by atoms with Crippen LogP contribution < -0.4 is 5.32 Å². The van der Waals surface area contributed by atoms with Crippen molar-refractivity contribution in [2.24, 2.45) is 11.3 Å². The van der Waals surface area contributed by atoms with Gasteiger partial charge in [0.25, 0.3) is 0 Å². The summed E-state index contributed by atoms with van der Waals surface area (Å²) in [5, 5.41) is 12.5. The Morgan fingerprint density at radius 3 is 2.23 bits per heavy atom. The number of fused-ring (bicyclic) bond motifs is 3. The molecule has 1 spiro atoms. The van der Waals surface area contributed by atoms with Crippen LogP contribution in [-0.2, 0) is 14.3 Å². The van der Waals surface area contributed by atoms with E-state index in [1.807, 2.05) is 31.2 Å². The van der Waals surface area contributed by atoms with E-state index in [2.05, 4.69) is 29.6 Å². The number of aliphatic carboxylic acids is 1. The minimum atomic E-state index is -0.816. The Balaban J connectivity index is 1.17. The van der Waals surface area contributed by atoms with Crippen LogP contribution in [0.25, 0.3) is 11.1 Å². The molecule has 1 saturated carbocycles. The largest absolute Gasteiger partial charge is 0.481 e. The minimum absolute atomic E-state index is 0.0222. The molecule has 2 atom stereocenters. The Kier molecular flexibility index (Phi) is 6.26. The number of alkyl carbamates (subject to hydrolysis) is 1. The van der Waals surface area contributed by atoms with Gasteiger partial charge in [-0.05, 0) is 41.5 Å². The number of ether oxygens (including phenoxy) is 1. The first-order valence-electron chi connectivity index (χ1n) is 12.5. The van der Waals surface area contributed by atoms with Gasteiger partial charge in [-0.15, -0.1) is 0 Å². The lowest BCUT2D eigenvalue weighted by Gasteiger charge is -2.41. The van der Waals surface area contributed by atoms with Crippen LogP contribution in [0.15, 0.2) is 48.5 Å². The lowest BCUT2D eigenvalue weighted by Crippen LogP contribution is -2.42. The number of benzene rings is 2. The smallest absolute Gasteiger partial charge is 0.407 e. The number of carboxylic acid groups (broad SMARTS) is 1. The number of carbonyl (C=O) groups is 3. The highest BCUT2D eigenvalue weighted by atomic mass is 16.5. The number of carboxylic acids is 1. The minimum Gasteiger partial charge on any atom is -0.481 e. The molecular weight excluding hydrogens is 444 g/mol. The van der Waals surface area contributed by atoms with Crippen LogP contribution in [0.2, 0.25) is 0 Å². The average molecular weight is 477 g/mol. The molecule has 7 heteroatoms. The molecule has 7 nitrogen and oxygen atoms in total. The molecule has 5 rings (SSSR count). The normalized spacial score (nSPS) is 20.6. The van der Waals surface area contributed by atoms with E-state index in [1.165, 1.54) is 11.1 Å². The third-order valence-electron chi connectivity index (χ3n) is 8.23. The molecule has 0 bridgehead atoms. The second-order valence-electron chi connectivity index (χ2n) is 10.2. The molecule has 0 radical (unpaired) electrons. The van der Waals surface area contributed by atoms with Crippen molar-refractivity contribution in [1.82, 2.24) is 10.2 Å². The van der Waals surface area contributed by atoms with Crippen LogP contribution in [0.5, 0.6) is 0 Å². The van der Waals surface area contributed by atoms with Crippen molar-refractivity contribution in [3.8, 4) is 11.1 Å². The molecule has 1 heterocycles. The maximum absolute atomic E-state index is 13.0. The van der Waals surface area contributed by atoms with Crippen molar-refractivity contribution in [2.75, 3.05) is 19.7 Å². The van der Waals surface area contributed by atoms with Crippen molar-refractivity contribution in [1.29, 1.82) is 0 Å². The van der Waals surface area contributed by atoms with Gasteiger partial charge in [0, 0.05) is 36.9 Å². The monoisotopic (exact) mass is 476 g/mol. The van der Waals surface area contributed by atoms with E-state index in [4.69, 9.17) is 4.74 Å². The molecule has 3 aliphatic rings. The van der Waals surface area contributed by atoms with Crippen LogP contribution in [-0.4, -0.2) is 53.7 Å². The summed E-state index contributed by atoms with van der Waals surface area (Å²) >= 11 is 0. The van der Waals surface area contributed by atoms with Crippen molar-refractivity contribution in [2.45, 2.75) is 51.0 Å². The van der Waals surface area contributed by atoms with Crippen LogP contribution in [0.1, 0.15) is 56.1 Å². The summed E-state index contributed by atoms with van der Waals surface area (Å²) in [5.41, 5.74) is 4.38. The lowest BCUT2D eigenvalue weighted by molar-refractivity contribution is -0.146. The Morgan fingerprint density at radius 2 is 1.71 bits per heavy atom. The third-order valence-corrected chi connectivity index (χ3v) is 8.23. The topological polar surface area (TPSA) is 95.9 Å². The van der Waals surface area contributed by atoms with E-state index >= 15 is 0 Å². The van der Waals surface area contributed by atoms with E-state index in [-0.39, 0.29) is 42.9 Å². The molecule has 2 amide bonds. The number of hydrogen-bond donors (Lipinski definition) is 2. The fourth-order valence-corrected chi connectivity index (χ4v) is 6.08. The Labute approximate surface area is 205 Å². The third kappa shape index (κ3) is 4.28. The molecule has 2 fully saturated rings. The van der Waals surface area contributed by atoms with E-state index < -0.39 is 18.0 Å². The van der Waals surface area contributed by atoms with E-state index in [1.54, 1.807) is 4.90 Å². The van der Waals surface area contributed by atoms with Gasteiger partial charge in [0.05, 0.1) is 5.92 Å². The van der Waals surface area contributed by atoms with Crippen LogP contribution in [0, 0.1) is 11.3 Å². The van der Waals surface area contributed by atoms with Gasteiger partial charge in [-0.2, -0.15) is 0 Å². The number of likely N-dealkylation sites (tertiary alicyclic amines) is 1. The first kappa shape index (κ1) is 23.4. The Bertz CT molecular complexity index is 1100. The Hall–Kier alpha value is -3.35. The van der Waals surface area contributed by atoms with Crippen LogP contribution in [0.4, 0.5) is 4.79 Å². The SMILES string of the molecule is CC[C@H](CC(=O)N1CC(C(=O)O)C2(CCC2)C1)NC(=O)OCC1c2ccccc2-c2ccccc21. The van der Waals surface area contributed by atoms with Crippen molar-refractivity contribution >= 4 is 18.0 Å². The standard InChI is InChI=1S/C28H32N2O5/c1-2-18(14-25(31)30-15-24(26(32)33)28(17-30)12-7-13-28)29-27(34)35-16-23-21-10-5-3-8-19(21)20-9-4-6-11-22(20)23/h3-6,8-11,18,23-24H,2,7,12-17H2,1H3,(H,29,34)(H,32,33)/t18-,24?/m1/s1. The molecule has 35 heavy (non-hydrogen) atoms. The second-order valence-corrected chi connectivity index (χ2v) is 10.2. The molecule has 1 saturated heterocycles. The van der Waals surface area contributed by atoms with Gasteiger partial charge in [-0.3, -0.25) is 9.59 Å². The average Bonchev–Trinajstić information content (AvgIpc) is 3.40. The molecule has 184 valence electrons. The summed E-state index contributed by atoms with van der Waals surface area (Å²) in [6.45, 7) is 2.90. The van der Waals surface area contributed by atoms with E-state index in [0.717, 1.165) is 30.4 Å². The van der Waals surface area contributed by atoms with E-state index in [0.29, 0.717) is 13.0 Å². The number of amides is 2. The number of rotatable bonds is 7. The second kappa shape index (κ2) is 9.36. The van der Waals surface area contributed by atoms with Gasteiger partial charge in [-0.1, -0.05) is 61.9 Å². The predicted molar refractivity (Wildman–Crippen MR) is 131 cm³/mol. The summed E-state index contributed by atoms with van der Waals surface area (Å²) < 4.78 is 5.63. The number of carbonyl (C=O) groups excluding carboxylic acids is 2. The summed E-state index contributed by atoms with van der Waals surface area (Å²) in [4.78, 5) is 39.0. The molecule has 2 aliphatic carbocycles. The quantitative estimate of drug-likeness (QED) is 0.617. The highest BCUT2D eigenvalue weighted by Gasteiger charge is 2.54. The van der Waals surface area contributed by atoms with Crippen LogP contribution >= 0.6 is 0 Å². The predicted octanol–water partition coefficient (Wildman–Crippen LogP) is 4.41. The number of nitrogens with zero attached hydrogens (tertiary/aromatic N) is 1. The first-order valence-corrected chi connectivity index (χ1v) is 12.5. The summed E-state index contributed by atoms with van der Waals surface area (Å²) in [5.74, 6) is -1.43. The van der Waals surface area contributed by atoms with Gasteiger partial charge >= 0.3 is 12.1 Å². The molecule has 1 unspecified atom stereocenters. The van der Waals surface area contributed by atoms with E-state index in [9.17, 15) is 19.5 Å². The molecule has 2 aromatic rings. The zero-order chi connectivity index (χ0) is 24.6. The van der Waals surface area contributed by atoms with Gasteiger partial charge in [0.2, 0.25) is 5.91 Å². The van der Waals surface area contributed by atoms with Gasteiger partial charge in [0.15, 0.2) is 0 Å². The molecule has 2 N–H and O–H groups in total. The summed E-state index contributed by atoms with van der Waals surface area (Å²) in [6, 6.07) is 16.0. The highest BCUT2D eigenvalue weighted by Crippen LogP contribution is 2.52. The highest BCUT2D eigenvalue weighted by molar-refractivity contribution is 5.81. The molecule has 2 aromatic carbocycles. The number of nitrogens with one attached hydrogen (secondary N) is 1. The zero-order valence-corrected chi connectivity index (χ0v) is 20.0. The fourth-order valence-electron chi connectivity index (χ4n) is 6.08. The maximum Gasteiger partial charge on any atom is 0.407 e. The zero-order valence-electron chi connectivity index (χ0n) is 20.0. The number of hydrogen-bond acceptors (Lipinski definition) is 4. The van der Waals surface area contributed by atoms with Gasteiger partial charge in [-0.25, -0.2) is 4.79 Å². The first-order chi connectivity index (χ1) is 16.9. The van der Waals surface area contributed by atoms with Crippen molar-refractivity contribution in [3.63, 3.8) is 0 Å². The lowest BCUT2D eigenvalue weighted by atomic mass is 9.63. The Morgan fingerprint density at radius 1 is 1.09 bits per heavy atom. The maximum atomic E-state index is 13.0. The summed E-state index contributed by atoms with van der Waals surface area (Å²) in [7, 11) is 0. The van der Waals surface area contributed by atoms with Crippen LogP contribution in [0.3, 0.4) is 0 Å².